The average molecular weight is 289 g/mol. The molecule has 0 amide bonds. The summed E-state index contributed by atoms with van der Waals surface area (Å²) in [5.41, 5.74) is 0.987. The van der Waals surface area contributed by atoms with E-state index < -0.39 is 24.1 Å². The maximum atomic E-state index is 11.5. The normalized spacial score (nSPS) is 15.6. The van der Waals surface area contributed by atoms with E-state index in [9.17, 15) is 20.1 Å². The number of benzene rings is 1. The third-order valence-corrected chi connectivity index (χ3v) is 3.57. The number of aliphatic hydroxyl groups is 2. The van der Waals surface area contributed by atoms with Crippen LogP contribution >= 0.6 is 0 Å². The summed E-state index contributed by atoms with van der Waals surface area (Å²) in [5, 5.41) is 30.0. The van der Waals surface area contributed by atoms with Gasteiger partial charge in [0.1, 0.15) is 5.92 Å². The zero-order valence-corrected chi connectivity index (χ0v) is 11.8. The Labute approximate surface area is 122 Å². The SMILES string of the molecule is CCC(O)CC(O)C(C(=O)O)c1ccc2ccccc2n1. The number of rotatable bonds is 6. The number of aliphatic carboxylic acids is 1. The quantitative estimate of drug-likeness (QED) is 0.756. The second kappa shape index (κ2) is 6.65. The molecule has 0 fully saturated rings. The van der Waals surface area contributed by atoms with Gasteiger partial charge < -0.3 is 15.3 Å². The lowest BCUT2D eigenvalue weighted by Crippen LogP contribution is -2.30. The highest BCUT2D eigenvalue weighted by Crippen LogP contribution is 2.24. The largest absolute Gasteiger partial charge is 0.481 e. The number of pyridine rings is 1. The molecule has 0 aliphatic rings. The molecule has 2 aromatic rings. The molecule has 3 N–H and O–H groups in total. The molecule has 5 heteroatoms. The minimum absolute atomic E-state index is 0.0158. The van der Waals surface area contributed by atoms with E-state index in [1.165, 1.54) is 0 Å². The molecule has 0 aliphatic carbocycles. The summed E-state index contributed by atoms with van der Waals surface area (Å²) in [5.74, 6) is -2.29. The van der Waals surface area contributed by atoms with E-state index in [1.807, 2.05) is 18.2 Å². The van der Waals surface area contributed by atoms with Crippen molar-refractivity contribution in [2.75, 3.05) is 0 Å². The molecule has 3 atom stereocenters. The van der Waals surface area contributed by atoms with E-state index in [1.54, 1.807) is 25.1 Å². The molecule has 21 heavy (non-hydrogen) atoms. The van der Waals surface area contributed by atoms with Gasteiger partial charge in [0.15, 0.2) is 0 Å². The minimum atomic E-state index is -1.17. The number of hydrogen-bond acceptors (Lipinski definition) is 4. The van der Waals surface area contributed by atoms with Crippen molar-refractivity contribution in [2.24, 2.45) is 0 Å². The molecular weight excluding hydrogens is 270 g/mol. The van der Waals surface area contributed by atoms with Gasteiger partial charge in [-0.15, -0.1) is 0 Å². The number of aliphatic hydroxyl groups excluding tert-OH is 2. The van der Waals surface area contributed by atoms with Crippen LogP contribution in [-0.2, 0) is 4.79 Å². The van der Waals surface area contributed by atoms with E-state index in [4.69, 9.17) is 0 Å². The minimum Gasteiger partial charge on any atom is -0.481 e. The first-order chi connectivity index (χ1) is 10.0. The van der Waals surface area contributed by atoms with Gasteiger partial charge in [-0.05, 0) is 18.6 Å². The highest BCUT2D eigenvalue weighted by atomic mass is 16.4. The van der Waals surface area contributed by atoms with E-state index in [0.29, 0.717) is 17.6 Å². The third kappa shape index (κ3) is 3.56. The molecule has 0 spiro atoms. The fraction of sp³-hybridized carbons (Fsp3) is 0.375. The van der Waals surface area contributed by atoms with Gasteiger partial charge in [-0.3, -0.25) is 9.78 Å². The van der Waals surface area contributed by atoms with Crippen LogP contribution in [0.25, 0.3) is 10.9 Å². The van der Waals surface area contributed by atoms with Gasteiger partial charge in [-0.2, -0.15) is 0 Å². The molecule has 0 radical (unpaired) electrons. The van der Waals surface area contributed by atoms with Crippen molar-refractivity contribution in [3.63, 3.8) is 0 Å². The molecule has 0 aliphatic heterocycles. The van der Waals surface area contributed by atoms with Crippen molar-refractivity contribution < 1.29 is 20.1 Å². The van der Waals surface area contributed by atoms with E-state index in [2.05, 4.69) is 4.98 Å². The molecule has 2 rings (SSSR count). The van der Waals surface area contributed by atoms with Gasteiger partial charge in [0.2, 0.25) is 0 Å². The average Bonchev–Trinajstić information content (AvgIpc) is 2.46. The zero-order valence-electron chi connectivity index (χ0n) is 11.8. The predicted octanol–water partition coefficient (Wildman–Crippen LogP) is 1.92. The first-order valence-corrected chi connectivity index (χ1v) is 6.97. The van der Waals surface area contributed by atoms with Gasteiger partial charge >= 0.3 is 5.97 Å². The Balaban J connectivity index is 2.33. The van der Waals surface area contributed by atoms with Crippen LogP contribution in [0.5, 0.6) is 0 Å². The molecule has 1 heterocycles. The first kappa shape index (κ1) is 15.4. The topological polar surface area (TPSA) is 90.7 Å². The highest BCUT2D eigenvalue weighted by molar-refractivity contribution is 5.81. The molecule has 0 saturated carbocycles. The summed E-state index contributed by atoms with van der Waals surface area (Å²) in [7, 11) is 0. The number of aromatic nitrogens is 1. The van der Waals surface area contributed by atoms with Crippen molar-refractivity contribution >= 4 is 16.9 Å². The monoisotopic (exact) mass is 289 g/mol. The number of hydrogen-bond donors (Lipinski definition) is 3. The Bertz CT molecular complexity index is 628. The van der Waals surface area contributed by atoms with Crippen molar-refractivity contribution in [1.82, 2.24) is 4.98 Å². The van der Waals surface area contributed by atoms with Crippen LogP contribution in [0.2, 0.25) is 0 Å². The Morgan fingerprint density at radius 1 is 1.19 bits per heavy atom. The number of fused-ring (bicyclic) bond motifs is 1. The predicted molar refractivity (Wildman–Crippen MR) is 79.0 cm³/mol. The van der Waals surface area contributed by atoms with E-state index in [0.717, 1.165) is 5.39 Å². The first-order valence-electron chi connectivity index (χ1n) is 6.97. The van der Waals surface area contributed by atoms with Crippen LogP contribution < -0.4 is 0 Å². The fourth-order valence-electron chi connectivity index (χ4n) is 2.32. The zero-order chi connectivity index (χ0) is 15.4. The lowest BCUT2D eigenvalue weighted by atomic mass is 9.93. The third-order valence-electron chi connectivity index (χ3n) is 3.57. The lowest BCUT2D eigenvalue weighted by Gasteiger charge is -2.21. The van der Waals surface area contributed by atoms with Crippen LogP contribution in [0, 0.1) is 0 Å². The van der Waals surface area contributed by atoms with E-state index in [-0.39, 0.29) is 6.42 Å². The maximum Gasteiger partial charge on any atom is 0.315 e. The molecule has 112 valence electrons. The Morgan fingerprint density at radius 3 is 2.57 bits per heavy atom. The molecule has 3 unspecified atom stereocenters. The van der Waals surface area contributed by atoms with Crippen molar-refractivity contribution in [3.8, 4) is 0 Å². The fourth-order valence-corrected chi connectivity index (χ4v) is 2.32. The molecular formula is C16H19NO4. The van der Waals surface area contributed by atoms with Crippen molar-refractivity contribution in [2.45, 2.75) is 37.9 Å². The smallest absolute Gasteiger partial charge is 0.315 e. The van der Waals surface area contributed by atoms with Crippen LogP contribution in [0.3, 0.4) is 0 Å². The van der Waals surface area contributed by atoms with Gasteiger partial charge in [0.25, 0.3) is 0 Å². The molecule has 5 nitrogen and oxygen atoms in total. The lowest BCUT2D eigenvalue weighted by molar-refractivity contribution is -0.142. The molecule has 0 bridgehead atoms. The van der Waals surface area contributed by atoms with Gasteiger partial charge in [0.05, 0.1) is 23.4 Å². The second-order valence-corrected chi connectivity index (χ2v) is 5.11. The van der Waals surface area contributed by atoms with Gasteiger partial charge in [-0.1, -0.05) is 31.2 Å². The maximum absolute atomic E-state index is 11.5. The number of para-hydroxylation sites is 1. The number of carbonyl (C=O) groups is 1. The number of carboxylic acid groups (broad SMARTS) is 1. The standard InChI is InChI=1S/C16H19NO4/c1-2-11(18)9-14(19)15(16(20)21)13-8-7-10-5-3-4-6-12(10)17-13/h3-8,11,14-15,18-19H,2,9H2,1H3,(H,20,21). The summed E-state index contributed by atoms with van der Waals surface area (Å²) < 4.78 is 0. The number of nitrogens with zero attached hydrogens (tertiary/aromatic N) is 1. The van der Waals surface area contributed by atoms with Crippen LogP contribution in [-0.4, -0.2) is 38.5 Å². The summed E-state index contributed by atoms with van der Waals surface area (Å²) in [6.45, 7) is 1.78. The molecule has 1 aromatic carbocycles. The van der Waals surface area contributed by atoms with Crippen molar-refractivity contribution in [1.29, 1.82) is 0 Å². The molecule has 0 saturated heterocycles. The van der Waals surface area contributed by atoms with E-state index >= 15 is 0 Å². The summed E-state index contributed by atoms with van der Waals surface area (Å²) >= 11 is 0. The number of carboxylic acids is 1. The summed E-state index contributed by atoms with van der Waals surface area (Å²) in [6.07, 6.45) is -1.41. The molecule has 1 aromatic heterocycles. The van der Waals surface area contributed by atoms with Crippen LogP contribution in [0.4, 0.5) is 0 Å². The summed E-state index contributed by atoms with van der Waals surface area (Å²) in [4.78, 5) is 15.8. The van der Waals surface area contributed by atoms with Crippen LogP contribution in [0.15, 0.2) is 36.4 Å². The Hall–Kier alpha value is -1.98. The second-order valence-electron chi connectivity index (χ2n) is 5.11. The van der Waals surface area contributed by atoms with Gasteiger partial charge in [0, 0.05) is 11.8 Å². The van der Waals surface area contributed by atoms with Gasteiger partial charge in [-0.25, -0.2) is 0 Å². The van der Waals surface area contributed by atoms with Crippen LogP contribution in [0.1, 0.15) is 31.4 Å². The summed E-state index contributed by atoms with van der Waals surface area (Å²) in [6, 6.07) is 10.8. The Kier molecular flexibility index (Phi) is 4.88. The highest BCUT2D eigenvalue weighted by Gasteiger charge is 2.31. The van der Waals surface area contributed by atoms with Crippen molar-refractivity contribution in [3.05, 3.63) is 42.1 Å². The Morgan fingerprint density at radius 2 is 1.90 bits per heavy atom.